The minimum atomic E-state index is -3.81. The molecular weight excluding hydrogens is 132 g/mol. The molecule has 4 nitrogen and oxygen atoms in total. The lowest BCUT2D eigenvalue weighted by molar-refractivity contribution is 0.215. The van der Waals surface area contributed by atoms with Gasteiger partial charge in [-0.3, -0.25) is 4.55 Å². The number of hydrogen-bond acceptors (Lipinski definition) is 3. The third kappa shape index (κ3) is 5.87. The van der Waals surface area contributed by atoms with Gasteiger partial charge in [-0.05, 0) is 0 Å². The number of methoxy groups -OCH3 is 1. The lowest BCUT2D eigenvalue weighted by Gasteiger charge is -1.91. The molecule has 8 heavy (non-hydrogen) atoms. The van der Waals surface area contributed by atoms with Crippen LogP contribution in [0.1, 0.15) is 0 Å². The van der Waals surface area contributed by atoms with Crippen LogP contribution in [0.15, 0.2) is 0 Å². The molecule has 0 amide bonds. The molecule has 0 aliphatic rings. The molecule has 0 aromatic heterocycles. The maximum absolute atomic E-state index is 9.87. The van der Waals surface area contributed by atoms with Gasteiger partial charge in [0.15, 0.2) is 0 Å². The molecule has 0 spiro atoms. The van der Waals surface area contributed by atoms with Crippen LogP contribution in [0.4, 0.5) is 0 Å². The average molecular weight is 140 g/mol. The van der Waals surface area contributed by atoms with Crippen molar-refractivity contribution in [2.75, 3.05) is 19.5 Å². The fraction of sp³-hybridized carbons (Fsp3) is 1.00. The van der Waals surface area contributed by atoms with Gasteiger partial charge in [0.05, 0.1) is 12.4 Å². The second-order valence-electron chi connectivity index (χ2n) is 1.28. The van der Waals surface area contributed by atoms with E-state index in [2.05, 4.69) is 4.74 Å². The van der Waals surface area contributed by atoms with Crippen LogP contribution >= 0.6 is 0 Å². The van der Waals surface area contributed by atoms with Gasteiger partial charge in [0.25, 0.3) is 10.1 Å². The second kappa shape index (κ2) is 3.01. The van der Waals surface area contributed by atoms with Crippen molar-refractivity contribution in [2.24, 2.45) is 0 Å². The first-order chi connectivity index (χ1) is 3.56. The predicted molar refractivity (Wildman–Crippen MR) is 28.3 cm³/mol. The van der Waals surface area contributed by atoms with Crippen molar-refractivity contribution in [1.82, 2.24) is 0 Å². The van der Waals surface area contributed by atoms with Crippen LogP contribution in [-0.2, 0) is 14.9 Å². The Hall–Kier alpha value is -0.130. The maximum Gasteiger partial charge on any atom is 0.267 e. The Morgan fingerprint density at radius 1 is 1.62 bits per heavy atom. The molecule has 0 unspecified atom stereocenters. The van der Waals surface area contributed by atoms with Crippen LogP contribution < -0.4 is 0 Å². The average Bonchev–Trinajstić information content (AvgIpc) is 1.59. The van der Waals surface area contributed by atoms with Crippen LogP contribution in [0.2, 0.25) is 0 Å². The van der Waals surface area contributed by atoms with Crippen molar-refractivity contribution >= 4 is 10.1 Å². The smallest absolute Gasteiger partial charge is 0.267 e. The molecule has 1 N–H and O–H groups in total. The third-order valence-corrected chi connectivity index (χ3v) is 1.23. The summed E-state index contributed by atoms with van der Waals surface area (Å²) in [5, 5.41) is 0. The number of hydrogen-bond donors (Lipinski definition) is 1. The van der Waals surface area contributed by atoms with Crippen molar-refractivity contribution in [3.05, 3.63) is 0 Å². The summed E-state index contributed by atoms with van der Waals surface area (Å²) in [6.07, 6.45) is 0. The maximum atomic E-state index is 9.87. The largest absolute Gasteiger partial charge is 0.384 e. The van der Waals surface area contributed by atoms with E-state index in [0.717, 1.165) is 0 Å². The van der Waals surface area contributed by atoms with Gasteiger partial charge in [0.1, 0.15) is 0 Å². The van der Waals surface area contributed by atoms with Gasteiger partial charge in [-0.2, -0.15) is 8.42 Å². The Morgan fingerprint density at radius 3 is 2.25 bits per heavy atom. The molecule has 0 heterocycles. The molecule has 0 radical (unpaired) electrons. The normalized spacial score (nSPS) is 11.8. The molecule has 0 aromatic rings. The van der Waals surface area contributed by atoms with Gasteiger partial charge in [-0.25, -0.2) is 0 Å². The van der Waals surface area contributed by atoms with Crippen molar-refractivity contribution in [1.29, 1.82) is 0 Å². The fourth-order valence-corrected chi connectivity index (χ4v) is 0.566. The summed E-state index contributed by atoms with van der Waals surface area (Å²) in [4.78, 5) is 0. The van der Waals surface area contributed by atoms with E-state index in [0.29, 0.717) is 0 Å². The molecule has 0 rings (SSSR count). The highest BCUT2D eigenvalue weighted by atomic mass is 32.2. The standard InChI is InChI=1S/C3H8O4S/c1-7-2-3-8(4,5)6/h2-3H2,1H3,(H,4,5,6). The first kappa shape index (κ1) is 7.87. The van der Waals surface area contributed by atoms with Gasteiger partial charge in [-0.1, -0.05) is 0 Å². The van der Waals surface area contributed by atoms with Gasteiger partial charge >= 0.3 is 0 Å². The second-order valence-corrected chi connectivity index (χ2v) is 2.85. The Kier molecular flexibility index (Phi) is 2.96. The van der Waals surface area contributed by atoms with E-state index in [-0.39, 0.29) is 12.4 Å². The molecular formula is C3H8O4S. The Balaban J connectivity index is 3.42. The van der Waals surface area contributed by atoms with E-state index in [9.17, 15) is 8.42 Å². The molecule has 0 fully saturated rings. The summed E-state index contributed by atoms with van der Waals surface area (Å²) < 4.78 is 32.2. The lowest BCUT2D eigenvalue weighted by atomic mass is 10.9. The van der Waals surface area contributed by atoms with Crippen LogP contribution in [-0.4, -0.2) is 32.4 Å². The number of rotatable bonds is 3. The molecule has 0 saturated heterocycles. The van der Waals surface area contributed by atoms with Crippen molar-refractivity contribution in [2.45, 2.75) is 0 Å². The van der Waals surface area contributed by atoms with Crippen LogP contribution in [0.3, 0.4) is 0 Å². The minimum absolute atomic E-state index is 0.0405. The quantitative estimate of drug-likeness (QED) is 0.538. The molecule has 0 atom stereocenters. The topological polar surface area (TPSA) is 63.6 Å². The fourth-order valence-electron chi connectivity index (χ4n) is 0.189. The van der Waals surface area contributed by atoms with E-state index < -0.39 is 10.1 Å². The van der Waals surface area contributed by atoms with Crippen LogP contribution in [0.5, 0.6) is 0 Å². The Bertz CT molecular complexity index is 135. The predicted octanol–water partition coefficient (Wildman–Crippen LogP) is -0.479. The zero-order valence-corrected chi connectivity index (χ0v) is 5.31. The van der Waals surface area contributed by atoms with Gasteiger partial charge in [0, 0.05) is 7.11 Å². The molecule has 50 valence electrons. The zero-order valence-electron chi connectivity index (χ0n) is 4.49. The highest BCUT2D eigenvalue weighted by Crippen LogP contribution is 1.79. The Morgan fingerprint density at radius 2 is 2.12 bits per heavy atom. The monoisotopic (exact) mass is 140 g/mol. The first-order valence-electron chi connectivity index (χ1n) is 2.00. The van der Waals surface area contributed by atoms with Crippen LogP contribution in [0.25, 0.3) is 0 Å². The summed E-state index contributed by atoms with van der Waals surface area (Å²) >= 11 is 0. The Labute approximate surface area is 48.2 Å². The van der Waals surface area contributed by atoms with Crippen LogP contribution in [0, 0.1) is 0 Å². The van der Waals surface area contributed by atoms with E-state index in [1.54, 1.807) is 0 Å². The molecule has 0 aliphatic carbocycles. The molecule has 0 bridgehead atoms. The summed E-state index contributed by atoms with van der Waals surface area (Å²) in [5.41, 5.74) is 0. The highest BCUT2D eigenvalue weighted by Gasteiger charge is 2.00. The molecule has 5 heteroatoms. The molecule has 0 aliphatic heterocycles. The minimum Gasteiger partial charge on any atom is -0.384 e. The van der Waals surface area contributed by atoms with E-state index in [4.69, 9.17) is 4.55 Å². The highest BCUT2D eigenvalue weighted by molar-refractivity contribution is 7.85. The lowest BCUT2D eigenvalue weighted by Crippen LogP contribution is -2.08. The number of ether oxygens (including phenoxy) is 1. The van der Waals surface area contributed by atoms with E-state index >= 15 is 0 Å². The molecule has 0 aromatic carbocycles. The van der Waals surface area contributed by atoms with Crippen molar-refractivity contribution in [3.63, 3.8) is 0 Å². The summed E-state index contributed by atoms with van der Waals surface area (Å²) in [7, 11) is -2.45. The van der Waals surface area contributed by atoms with Crippen molar-refractivity contribution in [3.8, 4) is 0 Å². The first-order valence-corrected chi connectivity index (χ1v) is 3.61. The van der Waals surface area contributed by atoms with E-state index in [1.165, 1.54) is 7.11 Å². The SMILES string of the molecule is COCCS(=O)(=O)O. The van der Waals surface area contributed by atoms with Gasteiger partial charge in [0.2, 0.25) is 0 Å². The van der Waals surface area contributed by atoms with E-state index in [1.807, 2.05) is 0 Å². The summed E-state index contributed by atoms with van der Waals surface area (Å²) in [6.45, 7) is 0.0405. The van der Waals surface area contributed by atoms with Gasteiger partial charge < -0.3 is 4.74 Å². The summed E-state index contributed by atoms with van der Waals surface area (Å²) in [6, 6.07) is 0. The zero-order chi connectivity index (χ0) is 6.62. The summed E-state index contributed by atoms with van der Waals surface area (Å²) in [5.74, 6) is -0.330. The van der Waals surface area contributed by atoms with Gasteiger partial charge in [-0.15, -0.1) is 0 Å². The third-order valence-electron chi connectivity index (χ3n) is 0.545. The molecule has 0 saturated carbocycles. The van der Waals surface area contributed by atoms with Crippen molar-refractivity contribution < 1.29 is 17.7 Å².